The quantitative estimate of drug-likeness (QED) is 0.205. The summed E-state index contributed by atoms with van der Waals surface area (Å²) in [5.74, 6) is -0.901. The van der Waals surface area contributed by atoms with Crippen LogP contribution in [0.25, 0.3) is 22.2 Å². The number of carbonyl (C=O) groups excluding carboxylic acids is 2. The average molecular weight is 577 g/mol. The molecule has 6 rings (SSSR count). The van der Waals surface area contributed by atoms with Gasteiger partial charge in [0.15, 0.2) is 11.2 Å². The van der Waals surface area contributed by atoms with Crippen LogP contribution in [0.1, 0.15) is 46.1 Å². The highest BCUT2D eigenvalue weighted by Gasteiger charge is 2.30. The third kappa shape index (κ3) is 5.95. The van der Waals surface area contributed by atoms with Gasteiger partial charge in [0, 0.05) is 53.6 Å². The van der Waals surface area contributed by atoms with Crippen LogP contribution in [-0.2, 0) is 29.0 Å². The van der Waals surface area contributed by atoms with E-state index in [1.165, 1.54) is 22.5 Å². The van der Waals surface area contributed by atoms with Crippen molar-refractivity contribution >= 4 is 39.2 Å². The zero-order valence-electron chi connectivity index (χ0n) is 23.7. The summed E-state index contributed by atoms with van der Waals surface area (Å²) in [5, 5.41) is 5.97. The van der Waals surface area contributed by atoms with Crippen molar-refractivity contribution in [3.05, 3.63) is 112 Å². The molecule has 7 nitrogen and oxygen atoms in total. The van der Waals surface area contributed by atoms with E-state index < -0.39 is 18.0 Å². The van der Waals surface area contributed by atoms with E-state index in [2.05, 4.69) is 27.3 Å². The first-order valence-electron chi connectivity index (χ1n) is 14.2. The molecule has 1 aliphatic rings. The minimum atomic E-state index is -0.962. The minimum Gasteiger partial charge on any atom is -0.449 e. The molecule has 1 atom stereocenters. The topological polar surface area (TPSA) is 84.4 Å². The van der Waals surface area contributed by atoms with Gasteiger partial charge in [-0.2, -0.15) is 0 Å². The zero-order chi connectivity index (χ0) is 29.1. The number of benzene rings is 3. The molecule has 0 aliphatic carbocycles. The van der Waals surface area contributed by atoms with E-state index >= 15 is 0 Å². The summed E-state index contributed by atoms with van der Waals surface area (Å²) >= 11 is 1.34. The van der Waals surface area contributed by atoms with Crippen molar-refractivity contribution in [1.29, 1.82) is 0 Å². The number of amides is 1. The molecule has 212 valence electrons. The lowest BCUT2D eigenvalue weighted by molar-refractivity contribution is -0.124. The normalized spacial score (nSPS) is 13.9. The lowest BCUT2D eigenvalue weighted by Gasteiger charge is -2.30. The lowest BCUT2D eigenvalue weighted by Crippen LogP contribution is -2.34. The highest BCUT2D eigenvalue weighted by atomic mass is 32.1. The van der Waals surface area contributed by atoms with Crippen LogP contribution in [-0.4, -0.2) is 39.4 Å². The van der Waals surface area contributed by atoms with Crippen LogP contribution in [0, 0.1) is 6.92 Å². The maximum absolute atomic E-state index is 13.9. The number of fused-ring (bicyclic) bond motifs is 2. The number of thiazole rings is 1. The summed E-state index contributed by atoms with van der Waals surface area (Å²) in [4.78, 5) is 38.9. The monoisotopic (exact) mass is 576 g/mol. The highest BCUT2D eigenvalue weighted by Crippen LogP contribution is 2.30. The molecule has 0 saturated carbocycles. The molecule has 1 unspecified atom stereocenters. The Bertz CT molecular complexity index is 1730. The highest BCUT2D eigenvalue weighted by molar-refractivity contribution is 7.14. The van der Waals surface area contributed by atoms with Gasteiger partial charge in [-0.15, -0.1) is 11.3 Å². The molecular formula is C34H32N4O3S. The maximum Gasteiger partial charge on any atom is 0.340 e. The Labute approximate surface area is 249 Å². The van der Waals surface area contributed by atoms with Gasteiger partial charge in [-0.25, -0.2) is 9.78 Å². The second-order valence-corrected chi connectivity index (χ2v) is 11.4. The fourth-order valence-electron chi connectivity index (χ4n) is 5.34. The molecule has 8 heteroatoms. The molecule has 3 aromatic carbocycles. The Morgan fingerprint density at radius 2 is 1.76 bits per heavy atom. The van der Waals surface area contributed by atoms with Gasteiger partial charge in [0.2, 0.25) is 0 Å². The van der Waals surface area contributed by atoms with Crippen molar-refractivity contribution in [2.75, 3.05) is 11.9 Å². The van der Waals surface area contributed by atoms with E-state index in [0.717, 1.165) is 52.9 Å². The second-order valence-electron chi connectivity index (χ2n) is 10.6. The van der Waals surface area contributed by atoms with Crippen LogP contribution in [0.15, 0.2) is 84.2 Å². The first kappa shape index (κ1) is 27.8. The van der Waals surface area contributed by atoms with Crippen molar-refractivity contribution in [1.82, 2.24) is 14.9 Å². The number of hydrogen-bond donors (Lipinski definition) is 1. The van der Waals surface area contributed by atoms with Crippen LogP contribution in [0.5, 0.6) is 0 Å². The van der Waals surface area contributed by atoms with Gasteiger partial charge in [-0.3, -0.25) is 20.0 Å². The van der Waals surface area contributed by atoms with Gasteiger partial charge in [0.05, 0.1) is 16.8 Å². The summed E-state index contributed by atoms with van der Waals surface area (Å²) in [6.07, 6.45) is 0.105. The lowest BCUT2D eigenvalue weighted by atomic mass is 9.95. The summed E-state index contributed by atoms with van der Waals surface area (Å²) in [6.45, 7) is 6.07. The van der Waals surface area contributed by atoms with Crippen molar-refractivity contribution < 1.29 is 14.3 Å². The van der Waals surface area contributed by atoms with Gasteiger partial charge < -0.3 is 4.74 Å². The SMILES string of the molecule is CCC(OC(=O)c1c2c(nc3ccccc13)CCN(Cc1ccccc1)C2)C(=O)Nc1nc(-c2ccc(C)cc2)cs1. The third-order valence-corrected chi connectivity index (χ3v) is 8.33. The maximum atomic E-state index is 13.9. The van der Waals surface area contributed by atoms with E-state index in [1.54, 1.807) is 0 Å². The number of rotatable bonds is 8. The first-order chi connectivity index (χ1) is 20.5. The van der Waals surface area contributed by atoms with Crippen LogP contribution in [0.4, 0.5) is 5.13 Å². The second kappa shape index (κ2) is 12.2. The smallest absolute Gasteiger partial charge is 0.340 e. The Hall–Kier alpha value is -4.40. The predicted molar refractivity (Wildman–Crippen MR) is 166 cm³/mol. The Morgan fingerprint density at radius 1 is 1.00 bits per heavy atom. The van der Waals surface area contributed by atoms with Crippen LogP contribution < -0.4 is 5.32 Å². The molecule has 42 heavy (non-hydrogen) atoms. The number of aromatic nitrogens is 2. The van der Waals surface area contributed by atoms with E-state index in [1.807, 2.05) is 86.0 Å². The van der Waals surface area contributed by atoms with Crippen LogP contribution >= 0.6 is 11.3 Å². The van der Waals surface area contributed by atoms with Gasteiger partial charge >= 0.3 is 5.97 Å². The molecule has 1 N–H and O–H groups in total. The first-order valence-corrected chi connectivity index (χ1v) is 15.1. The number of pyridine rings is 1. The summed E-state index contributed by atoms with van der Waals surface area (Å²) in [7, 11) is 0. The molecule has 0 radical (unpaired) electrons. The van der Waals surface area contributed by atoms with Crippen LogP contribution in [0.2, 0.25) is 0 Å². The molecule has 1 amide bonds. The number of aryl methyl sites for hydroxylation is 1. The van der Waals surface area contributed by atoms with Crippen molar-refractivity contribution in [2.24, 2.45) is 0 Å². The number of carbonyl (C=O) groups is 2. The largest absolute Gasteiger partial charge is 0.449 e. The molecular weight excluding hydrogens is 544 g/mol. The number of para-hydroxylation sites is 1. The number of nitrogens with zero attached hydrogens (tertiary/aromatic N) is 3. The zero-order valence-corrected chi connectivity index (χ0v) is 24.5. The van der Waals surface area contributed by atoms with Crippen LogP contribution in [0.3, 0.4) is 0 Å². The van der Waals surface area contributed by atoms with E-state index in [4.69, 9.17) is 9.72 Å². The average Bonchev–Trinajstić information content (AvgIpc) is 3.47. The Morgan fingerprint density at radius 3 is 2.55 bits per heavy atom. The fraction of sp³-hybridized carbons (Fsp3) is 0.235. The molecule has 2 aromatic heterocycles. The Balaban J connectivity index is 1.23. The van der Waals surface area contributed by atoms with Crippen molar-refractivity contribution in [3.63, 3.8) is 0 Å². The van der Waals surface area contributed by atoms with Gasteiger partial charge in [-0.1, -0.05) is 85.3 Å². The number of anilines is 1. The summed E-state index contributed by atoms with van der Waals surface area (Å²) < 4.78 is 5.93. The fourth-order valence-corrected chi connectivity index (χ4v) is 6.06. The van der Waals surface area contributed by atoms with Gasteiger partial charge in [-0.05, 0) is 25.0 Å². The Kier molecular flexibility index (Phi) is 8.08. The van der Waals surface area contributed by atoms with E-state index in [-0.39, 0.29) is 0 Å². The number of ether oxygens (including phenoxy) is 1. The number of hydrogen-bond acceptors (Lipinski definition) is 7. The summed E-state index contributed by atoms with van der Waals surface area (Å²) in [6, 6.07) is 26.0. The summed E-state index contributed by atoms with van der Waals surface area (Å²) in [5.41, 5.74) is 7.19. The van der Waals surface area contributed by atoms with Crippen molar-refractivity contribution in [3.8, 4) is 11.3 Å². The third-order valence-electron chi connectivity index (χ3n) is 7.57. The van der Waals surface area contributed by atoms with E-state index in [0.29, 0.717) is 23.7 Å². The van der Waals surface area contributed by atoms with Gasteiger partial charge in [0.25, 0.3) is 5.91 Å². The predicted octanol–water partition coefficient (Wildman–Crippen LogP) is 6.80. The van der Waals surface area contributed by atoms with E-state index in [9.17, 15) is 9.59 Å². The number of nitrogens with one attached hydrogen (secondary N) is 1. The number of esters is 1. The molecule has 0 bridgehead atoms. The van der Waals surface area contributed by atoms with Crippen molar-refractivity contribution in [2.45, 2.75) is 45.9 Å². The minimum absolute atomic E-state index is 0.332. The molecule has 0 saturated heterocycles. The molecule has 0 spiro atoms. The molecule has 3 heterocycles. The molecule has 5 aromatic rings. The van der Waals surface area contributed by atoms with Gasteiger partial charge in [0.1, 0.15) is 0 Å². The standard InChI is InChI=1S/C34H32N4O3S/c1-3-30(32(39)37-34-36-29(21-42-34)24-15-13-22(2)14-16-24)41-33(40)31-25-11-7-8-12-27(25)35-28-17-18-38(20-26(28)31)19-23-9-5-4-6-10-23/h4-16,21,30H,3,17-20H2,1-2H3,(H,36,37,39). The molecule has 1 aliphatic heterocycles. The molecule has 0 fully saturated rings.